The van der Waals surface area contributed by atoms with Gasteiger partial charge < -0.3 is 0 Å². The molecule has 3 aromatic rings. The maximum atomic E-state index is 13.5. The zero-order valence-corrected chi connectivity index (χ0v) is 19.0. The van der Waals surface area contributed by atoms with Crippen LogP contribution < -0.4 is 4.90 Å². The first kappa shape index (κ1) is 22.2. The monoisotopic (exact) mass is 438 g/mol. The number of non-ortho nitro benzene ring substituents is 1. The van der Waals surface area contributed by atoms with E-state index >= 15 is 0 Å². The lowest BCUT2D eigenvalue weighted by atomic mass is 9.98. The Morgan fingerprint density at radius 3 is 2.18 bits per heavy atom. The van der Waals surface area contributed by atoms with Crippen LogP contribution in [-0.4, -0.2) is 10.8 Å². The highest BCUT2D eigenvalue weighted by Crippen LogP contribution is 2.36. The number of nitrogens with zero attached hydrogens (tertiary/aromatic N) is 2. The van der Waals surface area contributed by atoms with E-state index in [0.717, 1.165) is 34.5 Å². The summed E-state index contributed by atoms with van der Waals surface area (Å²) < 4.78 is 0. The number of hydrogen-bond donors (Lipinski definition) is 0. The molecular weight excluding hydrogens is 412 g/mol. The molecule has 0 bridgehead atoms. The molecule has 5 nitrogen and oxygen atoms in total. The summed E-state index contributed by atoms with van der Waals surface area (Å²) in [6.45, 7) is 6.39. The Balaban J connectivity index is 1.75. The number of rotatable bonds is 6. The summed E-state index contributed by atoms with van der Waals surface area (Å²) in [6, 6.07) is 22.5. The van der Waals surface area contributed by atoms with Gasteiger partial charge >= 0.3 is 0 Å². The number of carbonyl (C=O) groups excluding carboxylic acids is 1. The first-order valence-corrected chi connectivity index (χ1v) is 11.1. The largest absolute Gasteiger partial charge is 0.276 e. The molecule has 1 atom stereocenters. The van der Waals surface area contributed by atoms with E-state index in [2.05, 4.69) is 26.0 Å². The topological polar surface area (TPSA) is 63.5 Å². The van der Waals surface area contributed by atoms with E-state index in [-0.39, 0.29) is 11.6 Å². The molecule has 1 amide bonds. The van der Waals surface area contributed by atoms with Crippen LogP contribution in [0.2, 0.25) is 0 Å². The van der Waals surface area contributed by atoms with Crippen molar-refractivity contribution in [3.8, 4) is 0 Å². The van der Waals surface area contributed by atoms with Crippen LogP contribution in [0, 0.1) is 17.0 Å². The molecule has 33 heavy (non-hydrogen) atoms. The van der Waals surface area contributed by atoms with E-state index in [9.17, 15) is 14.9 Å². The molecule has 5 heteroatoms. The second kappa shape index (κ2) is 9.25. The van der Waals surface area contributed by atoms with Gasteiger partial charge in [0.25, 0.3) is 11.6 Å². The standard InChI is InChI=1S/C28H26N2O3/c1-4-20(3)22-11-15-25(16-12-22)29-27(23-9-5-19(2)6-10-23)18-24(28(29)31)17-21-7-13-26(14-8-21)30(32)33/h5-18,20H,4H2,1-3H3/b24-17+/t20-/m1/s1. The molecule has 0 aromatic heterocycles. The van der Waals surface area contributed by atoms with Gasteiger partial charge in [-0.1, -0.05) is 55.8 Å². The minimum absolute atomic E-state index is 0.0220. The van der Waals surface area contributed by atoms with Crippen LogP contribution in [0.15, 0.2) is 84.4 Å². The van der Waals surface area contributed by atoms with Gasteiger partial charge in [0.15, 0.2) is 0 Å². The van der Waals surface area contributed by atoms with Crippen LogP contribution in [0.4, 0.5) is 11.4 Å². The predicted molar refractivity (Wildman–Crippen MR) is 133 cm³/mol. The zero-order valence-electron chi connectivity index (χ0n) is 19.0. The smallest absolute Gasteiger partial charge is 0.269 e. The number of benzene rings is 3. The van der Waals surface area contributed by atoms with Crippen molar-refractivity contribution in [2.75, 3.05) is 4.90 Å². The van der Waals surface area contributed by atoms with Crippen molar-refractivity contribution in [1.29, 1.82) is 0 Å². The minimum atomic E-state index is -0.433. The predicted octanol–water partition coefficient (Wildman–Crippen LogP) is 6.89. The van der Waals surface area contributed by atoms with Crippen LogP contribution in [0.3, 0.4) is 0 Å². The Morgan fingerprint density at radius 2 is 1.61 bits per heavy atom. The Kier molecular flexibility index (Phi) is 6.22. The Morgan fingerprint density at radius 1 is 0.970 bits per heavy atom. The highest BCUT2D eigenvalue weighted by atomic mass is 16.6. The van der Waals surface area contributed by atoms with Crippen molar-refractivity contribution in [3.63, 3.8) is 0 Å². The summed E-state index contributed by atoms with van der Waals surface area (Å²) in [5.41, 5.74) is 6.25. The summed E-state index contributed by atoms with van der Waals surface area (Å²) in [5, 5.41) is 10.9. The van der Waals surface area contributed by atoms with Crippen molar-refractivity contribution < 1.29 is 9.72 Å². The number of nitro benzene ring substituents is 1. The number of nitro groups is 1. The molecule has 3 aromatic carbocycles. The lowest BCUT2D eigenvalue weighted by Crippen LogP contribution is -2.25. The molecule has 1 aliphatic rings. The van der Waals surface area contributed by atoms with E-state index in [4.69, 9.17) is 0 Å². The SMILES string of the molecule is CC[C@@H](C)c1ccc(N2C(=O)/C(=C/c3ccc([N+](=O)[O-])cc3)C=C2c2ccc(C)cc2)cc1. The lowest BCUT2D eigenvalue weighted by Gasteiger charge is -2.22. The zero-order chi connectivity index (χ0) is 23.5. The van der Waals surface area contributed by atoms with Crippen molar-refractivity contribution in [1.82, 2.24) is 0 Å². The minimum Gasteiger partial charge on any atom is -0.276 e. The van der Waals surface area contributed by atoms with E-state index in [1.165, 1.54) is 17.7 Å². The fraction of sp³-hybridized carbons (Fsp3) is 0.179. The van der Waals surface area contributed by atoms with Crippen LogP contribution >= 0.6 is 0 Å². The van der Waals surface area contributed by atoms with Gasteiger partial charge in [-0.05, 0) is 72.4 Å². The van der Waals surface area contributed by atoms with Crippen molar-refractivity contribution >= 4 is 29.1 Å². The number of carbonyl (C=O) groups is 1. The van der Waals surface area contributed by atoms with Gasteiger partial charge in [0.2, 0.25) is 0 Å². The normalized spacial score (nSPS) is 15.6. The first-order valence-electron chi connectivity index (χ1n) is 11.1. The Labute approximate surface area is 193 Å². The highest BCUT2D eigenvalue weighted by molar-refractivity contribution is 6.23. The van der Waals surface area contributed by atoms with Crippen LogP contribution in [0.5, 0.6) is 0 Å². The van der Waals surface area contributed by atoms with E-state index < -0.39 is 4.92 Å². The van der Waals surface area contributed by atoms with E-state index in [1.807, 2.05) is 49.4 Å². The van der Waals surface area contributed by atoms with Crippen LogP contribution in [-0.2, 0) is 4.79 Å². The highest BCUT2D eigenvalue weighted by Gasteiger charge is 2.30. The third kappa shape index (κ3) is 4.62. The number of amides is 1. The molecule has 0 fully saturated rings. The summed E-state index contributed by atoms with van der Waals surface area (Å²) in [4.78, 5) is 25.8. The Bertz CT molecular complexity index is 1240. The summed E-state index contributed by atoms with van der Waals surface area (Å²) >= 11 is 0. The average Bonchev–Trinajstić information content (AvgIpc) is 3.15. The second-order valence-corrected chi connectivity index (χ2v) is 8.39. The second-order valence-electron chi connectivity index (χ2n) is 8.39. The number of anilines is 1. The average molecular weight is 439 g/mol. The summed E-state index contributed by atoms with van der Waals surface area (Å²) in [5.74, 6) is 0.332. The van der Waals surface area contributed by atoms with Gasteiger partial charge in [0, 0.05) is 23.4 Å². The molecule has 0 saturated carbocycles. The molecule has 1 aliphatic heterocycles. The van der Waals surface area contributed by atoms with E-state index in [0.29, 0.717) is 11.5 Å². The van der Waals surface area contributed by atoms with Crippen molar-refractivity contribution in [3.05, 3.63) is 117 Å². The third-order valence-electron chi connectivity index (χ3n) is 6.09. The van der Waals surface area contributed by atoms with Gasteiger partial charge in [-0.3, -0.25) is 19.8 Å². The molecular formula is C28H26N2O3. The molecule has 0 radical (unpaired) electrons. The molecule has 4 rings (SSSR count). The quantitative estimate of drug-likeness (QED) is 0.239. The molecule has 0 spiro atoms. The molecule has 0 aliphatic carbocycles. The van der Waals surface area contributed by atoms with Gasteiger partial charge in [-0.25, -0.2) is 0 Å². The van der Waals surface area contributed by atoms with Crippen LogP contribution in [0.1, 0.15) is 48.4 Å². The van der Waals surface area contributed by atoms with E-state index in [1.54, 1.807) is 23.1 Å². The fourth-order valence-electron chi connectivity index (χ4n) is 3.87. The molecule has 166 valence electrons. The Hall–Kier alpha value is -3.99. The van der Waals surface area contributed by atoms with Crippen molar-refractivity contribution in [2.24, 2.45) is 0 Å². The van der Waals surface area contributed by atoms with Gasteiger partial charge in [-0.2, -0.15) is 0 Å². The third-order valence-corrected chi connectivity index (χ3v) is 6.09. The van der Waals surface area contributed by atoms with Crippen LogP contribution in [0.25, 0.3) is 11.8 Å². The summed E-state index contributed by atoms with van der Waals surface area (Å²) in [6.07, 6.45) is 4.71. The maximum Gasteiger partial charge on any atom is 0.269 e. The fourth-order valence-corrected chi connectivity index (χ4v) is 3.87. The van der Waals surface area contributed by atoms with Crippen molar-refractivity contribution in [2.45, 2.75) is 33.1 Å². The van der Waals surface area contributed by atoms with Gasteiger partial charge in [0.1, 0.15) is 0 Å². The first-order chi connectivity index (χ1) is 15.9. The molecule has 0 unspecified atom stereocenters. The maximum absolute atomic E-state index is 13.5. The number of aryl methyl sites for hydroxylation is 1. The summed E-state index contributed by atoms with van der Waals surface area (Å²) in [7, 11) is 0. The molecule has 1 heterocycles. The number of hydrogen-bond acceptors (Lipinski definition) is 3. The lowest BCUT2D eigenvalue weighted by molar-refractivity contribution is -0.384. The van der Waals surface area contributed by atoms with Gasteiger partial charge in [0.05, 0.1) is 10.6 Å². The molecule has 0 saturated heterocycles. The van der Waals surface area contributed by atoms with Gasteiger partial charge in [-0.15, -0.1) is 0 Å². The molecule has 0 N–H and O–H groups in total.